The maximum Gasteiger partial charge on any atom is 0.335 e. The zero-order valence-electron chi connectivity index (χ0n) is 9.34. The van der Waals surface area contributed by atoms with E-state index < -0.39 is 17.9 Å². The van der Waals surface area contributed by atoms with Crippen molar-refractivity contribution in [3.05, 3.63) is 23.9 Å². The van der Waals surface area contributed by atoms with E-state index in [0.29, 0.717) is 12.8 Å². The van der Waals surface area contributed by atoms with Gasteiger partial charge in [0.05, 0.1) is 5.56 Å². The molecule has 1 aliphatic heterocycles. The van der Waals surface area contributed by atoms with Crippen LogP contribution < -0.4 is 10.6 Å². The number of carboxylic acid groups (broad SMARTS) is 1. The van der Waals surface area contributed by atoms with Crippen LogP contribution in [0.25, 0.3) is 0 Å². The standard InChI is InChI=1S/C11H11N3O4/c15-9-2-1-7(13-9)10(16)14-8-5-6(11(17)18)3-4-12-8/h3-5,7H,1-2H2,(H,13,15)(H,17,18)(H,12,14,16)/t7-/m0/s1. The molecule has 2 rings (SSSR count). The Labute approximate surface area is 102 Å². The molecular weight excluding hydrogens is 238 g/mol. The highest BCUT2D eigenvalue weighted by molar-refractivity contribution is 5.99. The number of nitrogens with one attached hydrogen (secondary N) is 2. The zero-order valence-corrected chi connectivity index (χ0v) is 9.34. The first kappa shape index (κ1) is 12.0. The minimum absolute atomic E-state index is 0.0377. The van der Waals surface area contributed by atoms with E-state index in [1.54, 1.807) is 0 Å². The lowest BCUT2D eigenvalue weighted by molar-refractivity contribution is -0.122. The number of carboxylic acids is 1. The third-order valence-electron chi connectivity index (χ3n) is 2.57. The molecule has 0 radical (unpaired) electrons. The summed E-state index contributed by atoms with van der Waals surface area (Å²) in [7, 11) is 0. The van der Waals surface area contributed by atoms with Crippen LogP contribution in [0.15, 0.2) is 18.3 Å². The van der Waals surface area contributed by atoms with Gasteiger partial charge in [0.15, 0.2) is 0 Å². The van der Waals surface area contributed by atoms with Crippen LogP contribution in [-0.4, -0.2) is 33.9 Å². The van der Waals surface area contributed by atoms with E-state index >= 15 is 0 Å². The molecule has 0 saturated carbocycles. The molecule has 7 heteroatoms. The van der Waals surface area contributed by atoms with Crippen molar-refractivity contribution in [1.82, 2.24) is 10.3 Å². The molecular formula is C11H11N3O4. The second-order valence-electron chi connectivity index (χ2n) is 3.88. The van der Waals surface area contributed by atoms with E-state index in [1.165, 1.54) is 18.3 Å². The van der Waals surface area contributed by atoms with Crippen molar-refractivity contribution in [1.29, 1.82) is 0 Å². The molecule has 0 spiro atoms. The average Bonchev–Trinajstić information content (AvgIpc) is 2.76. The highest BCUT2D eigenvalue weighted by Crippen LogP contribution is 2.11. The summed E-state index contributed by atoms with van der Waals surface area (Å²) in [6.07, 6.45) is 2.05. The topological polar surface area (TPSA) is 108 Å². The lowest BCUT2D eigenvalue weighted by Crippen LogP contribution is -2.37. The van der Waals surface area contributed by atoms with Gasteiger partial charge in [-0.2, -0.15) is 0 Å². The molecule has 1 aromatic heterocycles. The maximum atomic E-state index is 11.7. The summed E-state index contributed by atoms with van der Waals surface area (Å²) in [5, 5.41) is 13.8. The third-order valence-corrected chi connectivity index (χ3v) is 2.57. The highest BCUT2D eigenvalue weighted by Gasteiger charge is 2.27. The number of carbonyl (C=O) groups excluding carboxylic acids is 2. The fraction of sp³-hybridized carbons (Fsp3) is 0.273. The predicted molar refractivity (Wildman–Crippen MR) is 61.0 cm³/mol. The molecule has 0 unspecified atom stereocenters. The van der Waals surface area contributed by atoms with Crippen LogP contribution in [0.2, 0.25) is 0 Å². The molecule has 94 valence electrons. The number of aromatic carboxylic acids is 1. The summed E-state index contributed by atoms with van der Waals surface area (Å²) < 4.78 is 0. The zero-order chi connectivity index (χ0) is 13.1. The Morgan fingerprint density at radius 2 is 2.28 bits per heavy atom. The van der Waals surface area contributed by atoms with Crippen molar-refractivity contribution in [2.75, 3.05) is 5.32 Å². The van der Waals surface area contributed by atoms with E-state index in [0.717, 1.165) is 0 Å². The second-order valence-corrected chi connectivity index (χ2v) is 3.88. The summed E-state index contributed by atoms with van der Waals surface area (Å²) in [5.74, 6) is -1.50. The maximum absolute atomic E-state index is 11.7. The molecule has 0 aliphatic carbocycles. The van der Waals surface area contributed by atoms with E-state index in [2.05, 4.69) is 15.6 Å². The first-order valence-corrected chi connectivity index (χ1v) is 5.36. The molecule has 2 heterocycles. The Bertz CT molecular complexity index is 515. The molecule has 7 nitrogen and oxygen atoms in total. The van der Waals surface area contributed by atoms with E-state index in [-0.39, 0.29) is 17.3 Å². The first-order chi connectivity index (χ1) is 8.56. The van der Waals surface area contributed by atoms with Gasteiger partial charge in [-0.05, 0) is 18.6 Å². The van der Waals surface area contributed by atoms with Gasteiger partial charge >= 0.3 is 5.97 Å². The smallest absolute Gasteiger partial charge is 0.335 e. The van der Waals surface area contributed by atoms with Gasteiger partial charge in [0.2, 0.25) is 11.8 Å². The molecule has 1 atom stereocenters. The van der Waals surface area contributed by atoms with Crippen molar-refractivity contribution >= 4 is 23.6 Å². The molecule has 1 aliphatic rings. The molecule has 1 saturated heterocycles. The van der Waals surface area contributed by atoms with Crippen LogP contribution in [0.3, 0.4) is 0 Å². The van der Waals surface area contributed by atoms with Crippen LogP contribution >= 0.6 is 0 Å². The molecule has 1 fully saturated rings. The first-order valence-electron chi connectivity index (χ1n) is 5.36. The number of pyridine rings is 1. The number of hydrogen-bond donors (Lipinski definition) is 3. The monoisotopic (exact) mass is 249 g/mol. The largest absolute Gasteiger partial charge is 0.478 e. The van der Waals surface area contributed by atoms with Crippen LogP contribution in [0.5, 0.6) is 0 Å². The second kappa shape index (κ2) is 4.82. The Morgan fingerprint density at radius 3 is 2.89 bits per heavy atom. The summed E-state index contributed by atoms with van der Waals surface area (Å²) in [6.45, 7) is 0. The van der Waals surface area contributed by atoms with E-state index in [4.69, 9.17) is 5.11 Å². The van der Waals surface area contributed by atoms with E-state index in [9.17, 15) is 14.4 Å². The van der Waals surface area contributed by atoms with Crippen molar-refractivity contribution < 1.29 is 19.5 Å². The summed E-state index contributed by atoms with van der Waals surface area (Å²) in [6, 6.07) is 2.01. The van der Waals surface area contributed by atoms with Gasteiger partial charge in [-0.3, -0.25) is 9.59 Å². The molecule has 1 aromatic rings. The molecule has 18 heavy (non-hydrogen) atoms. The Balaban J connectivity index is 2.05. The van der Waals surface area contributed by atoms with Crippen molar-refractivity contribution in [3.63, 3.8) is 0 Å². The number of nitrogens with zero attached hydrogens (tertiary/aromatic N) is 1. The van der Waals surface area contributed by atoms with Crippen LogP contribution in [-0.2, 0) is 9.59 Å². The molecule has 3 N–H and O–H groups in total. The van der Waals surface area contributed by atoms with Gasteiger partial charge in [-0.25, -0.2) is 9.78 Å². The van der Waals surface area contributed by atoms with Gasteiger partial charge in [-0.15, -0.1) is 0 Å². The van der Waals surface area contributed by atoms with Gasteiger partial charge < -0.3 is 15.7 Å². The number of hydrogen-bond acceptors (Lipinski definition) is 4. The third kappa shape index (κ3) is 2.62. The SMILES string of the molecule is O=C1CC[C@@H](C(=O)Nc2cc(C(=O)O)ccn2)N1. The lowest BCUT2D eigenvalue weighted by atomic mass is 10.2. The van der Waals surface area contributed by atoms with E-state index in [1.807, 2.05) is 0 Å². The van der Waals surface area contributed by atoms with Crippen molar-refractivity contribution in [2.24, 2.45) is 0 Å². The summed E-state index contributed by atoms with van der Waals surface area (Å²) >= 11 is 0. The minimum atomic E-state index is -1.10. The molecule has 0 bridgehead atoms. The predicted octanol–water partition coefficient (Wildman–Crippen LogP) is -0.00310. The van der Waals surface area contributed by atoms with Crippen LogP contribution in [0.4, 0.5) is 5.82 Å². The average molecular weight is 249 g/mol. The number of anilines is 1. The highest BCUT2D eigenvalue weighted by atomic mass is 16.4. The summed E-state index contributed by atoms with van der Waals surface area (Å²) in [5.41, 5.74) is 0.0377. The number of amides is 2. The molecule has 2 amide bonds. The number of rotatable bonds is 3. The molecule has 0 aromatic carbocycles. The van der Waals surface area contributed by atoms with Crippen molar-refractivity contribution in [3.8, 4) is 0 Å². The van der Waals surface area contributed by atoms with Gasteiger partial charge in [0, 0.05) is 12.6 Å². The summed E-state index contributed by atoms with van der Waals surface area (Å²) in [4.78, 5) is 37.3. The Hall–Kier alpha value is -2.44. The van der Waals surface area contributed by atoms with Crippen LogP contribution in [0, 0.1) is 0 Å². The fourth-order valence-electron chi connectivity index (χ4n) is 1.66. The fourth-order valence-corrected chi connectivity index (χ4v) is 1.66. The van der Waals surface area contributed by atoms with Gasteiger partial charge in [-0.1, -0.05) is 0 Å². The van der Waals surface area contributed by atoms with Crippen LogP contribution in [0.1, 0.15) is 23.2 Å². The number of carbonyl (C=O) groups is 3. The Morgan fingerprint density at radius 1 is 1.50 bits per heavy atom. The Kier molecular flexibility index (Phi) is 3.22. The van der Waals surface area contributed by atoms with Gasteiger partial charge in [0.25, 0.3) is 0 Å². The van der Waals surface area contributed by atoms with Crippen molar-refractivity contribution in [2.45, 2.75) is 18.9 Å². The lowest BCUT2D eigenvalue weighted by Gasteiger charge is -2.10. The van der Waals surface area contributed by atoms with Gasteiger partial charge in [0.1, 0.15) is 11.9 Å². The normalized spacial score (nSPS) is 18.2. The number of aromatic nitrogens is 1. The minimum Gasteiger partial charge on any atom is -0.478 e. The quantitative estimate of drug-likeness (QED) is 0.698.